The zero-order chi connectivity index (χ0) is 26.8. The minimum atomic E-state index is -0.633. The summed E-state index contributed by atoms with van der Waals surface area (Å²) in [4.78, 5) is 17.6. The van der Waals surface area contributed by atoms with Gasteiger partial charge in [-0.05, 0) is 30.2 Å². The van der Waals surface area contributed by atoms with Crippen molar-refractivity contribution in [1.82, 2.24) is 9.80 Å². The van der Waals surface area contributed by atoms with Crippen molar-refractivity contribution in [2.45, 2.75) is 26.1 Å². The lowest BCUT2D eigenvalue weighted by molar-refractivity contribution is -0.0542. The Kier molecular flexibility index (Phi) is 10.9. The van der Waals surface area contributed by atoms with Gasteiger partial charge >= 0.3 is 0 Å². The Balaban J connectivity index is 1.64. The third kappa shape index (κ3) is 8.24. The molecule has 9 nitrogen and oxygen atoms in total. The summed E-state index contributed by atoms with van der Waals surface area (Å²) >= 11 is 0. The zero-order valence-electron chi connectivity index (χ0n) is 22.5. The molecule has 3 rings (SSSR count). The molecule has 1 fully saturated rings. The molecule has 1 heterocycles. The number of benzene rings is 2. The van der Waals surface area contributed by atoms with Crippen LogP contribution in [0.2, 0.25) is 0 Å². The first kappa shape index (κ1) is 28.6. The second-order valence-electron chi connectivity index (χ2n) is 9.55. The summed E-state index contributed by atoms with van der Waals surface area (Å²) < 4.78 is 28.0. The molecule has 0 aliphatic carbocycles. The van der Waals surface area contributed by atoms with E-state index in [1.165, 1.54) is 21.3 Å². The van der Waals surface area contributed by atoms with Crippen LogP contribution in [0.15, 0.2) is 42.5 Å². The van der Waals surface area contributed by atoms with E-state index in [9.17, 15) is 9.90 Å². The molecule has 2 aromatic carbocycles. The molecule has 0 radical (unpaired) electrons. The average molecular weight is 517 g/mol. The number of morpholine rings is 1. The van der Waals surface area contributed by atoms with Gasteiger partial charge in [-0.1, -0.05) is 32.0 Å². The monoisotopic (exact) mass is 516 g/mol. The quantitative estimate of drug-likeness (QED) is 0.435. The number of carbonyl (C=O) groups excluding carboxylic acids is 1. The number of ether oxygens (including phenoxy) is 5. The number of amides is 1. The number of aliphatic hydroxyl groups excluding tert-OH is 1. The molecule has 1 saturated heterocycles. The van der Waals surface area contributed by atoms with Gasteiger partial charge in [-0.15, -0.1) is 0 Å². The molecule has 2 aromatic rings. The topological polar surface area (TPSA) is 89.9 Å². The number of carbonyl (C=O) groups is 1. The fraction of sp³-hybridized carbons (Fsp3) is 0.536. The Morgan fingerprint density at radius 3 is 2.38 bits per heavy atom. The summed E-state index contributed by atoms with van der Waals surface area (Å²) in [5, 5.41) is 10.5. The van der Waals surface area contributed by atoms with Gasteiger partial charge in [0.2, 0.25) is 5.75 Å². The maximum Gasteiger partial charge on any atom is 0.254 e. The highest BCUT2D eigenvalue weighted by atomic mass is 16.5. The van der Waals surface area contributed by atoms with Gasteiger partial charge in [0, 0.05) is 38.3 Å². The lowest BCUT2D eigenvalue weighted by Crippen LogP contribution is -2.51. The molecule has 2 atom stereocenters. The van der Waals surface area contributed by atoms with E-state index in [0.29, 0.717) is 62.1 Å². The highest BCUT2D eigenvalue weighted by Crippen LogP contribution is 2.38. The normalized spacial score (nSPS) is 16.8. The molecule has 1 amide bonds. The van der Waals surface area contributed by atoms with E-state index >= 15 is 0 Å². The third-order valence-electron chi connectivity index (χ3n) is 6.09. The molecule has 1 aliphatic heterocycles. The molecule has 9 heteroatoms. The van der Waals surface area contributed by atoms with Crippen molar-refractivity contribution in [3.63, 3.8) is 0 Å². The Morgan fingerprint density at radius 2 is 1.78 bits per heavy atom. The molecular formula is C28H40N2O7. The second-order valence-corrected chi connectivity index (χ2v) is 9.55. The van der Waals surface area contributed by atoms with Crippen LogP contribution < -0.4 is 18.9 Å². The third-order valence-corrected chi connectivity index (χ3v) is 6.09. The molecule has 1 aliphatic rings. The fourth-order valence-corrected chi connectivity index (χ4v) is 4.43. The van der Waals surface area contributed by atoms with E-state index < -0.39 is 6.10 Å². The molecule has 2 unspecified atom stereocenters. The number of β-amino-alcohol motifs (C(OH)–C–C–N with tert-alkyl or cyclic N) is 1. The second kappa shape index (κ2) is 14.1. The van der Waals surface area contributed by atoms with Gasteiger partial charge in [0.05, 0.1) is 34.0 Å². The van der Waals surface area contributed by atoms with Crippen LogP contribution in [0.5, 0.6) is 23.0 Å². The number of hydrogen-bond donors (Lipinski definition) is 1. The van der Waals surface area contributed by atoms with E-state index in [0.717, 1.165) is 5.75 Å². The highest BCUT2D eigenvalue weighted by Gasteiger charge is 2.28. The number of aliphatic hydroxyl groups is 1. The van der Waals surface area contributed by atoms with E-state index in [2.05, 4.69) is 18.7 Å². The minimum absolute atomic E-state index is 0.134. The van der Waals surface area contributed by atoms with Gasteiger partial charge in [-0.3, -0.25) is 9.69 Å². The van der Waals surface area contributed by atoms with Gasteiger partial charge in [0.25, 0.3) is 5.91 Å². The van der Waals surface area contributed by atoms with Crippen molar-refractivity contribution < 1.29 is 33.6 Å². The molecule has 0 aromatic heterocycles. The van der Waals surface area contributed by atoms with Gasteiger partial charge in [-0.2, -0.15) is 0 Å². The van der Waals surface area contributed by atoms with Crippen LogP contribution >= 0.6 is 0 Å². The van der Waals surface area contributed by atoms with Crippen LogP contribution in [0.25, 0.3) is 0 Å². The van der Waals surface area contributed by atoms with Crippen molar-refractivity contribution >= 4 is 5.91 Å². The molecule has 1 N–H and O–H groups in total. The Morgan fingerprint density at radius 1 is 1.11 bits per heavy atom. The first-order valence-corrected chi connectivity index (χ1v) is 12.6. The molecule has 0 bridgehead atoms. The van der Waals surface area contributed by atoms with Gasteiger partial charge in [0.15, 0.2) is 11.5 Å². The van der Waals surface area contributed by atoms with Crippen molar-refractivity contribution in [2.24, 2.45) is 5.92 Å². The summed E-state index contributed by atoms with van der Waals surface area (Å²) in [6.45, 7) is 7.69. The van der Waals surface area contributed by atoms with Gasteiger partial charge < -0.3 is 33.7 Å². The number of rotatable bonds is 13. The number of nitrogens with zero attached hydrogens (tertiary/aromatic N) is 2. The molecular weight excluding hydrogens is 476 g/mol. The fourth-order valence-electron chi connectivity index (χ4n) is 4.43. The van der Waals surface area contributed by atoms with Crippen LogP contribution in [0.1, 0.15) is 24.2 Å². The lowest BCUT2D eigenvalue weighted by atomic mass is 10.1. The highest BCUT2D eigenvalue weighted by molar-refractivity contribution is 5.95. The minimum Gasteiger partial charge on any atom is -0.493 e. The maximum absolute atomic E-state index is 13.6. The zero-order valence-corrected chi connectivity index (χ0v) is 22.5. The largest absolute Gasteiger partial charge is 0.493 e. The van der Waals surface area contributed by atoms with Gasteiger partial charge in [0.1, 0.15) is 18.5 Å². The Labute approximate surface area is 219 Å². The van der Waals surface area contributed by atoms with Crippen molar-refractivity contribution in [1.29, 1.82) is 0 Å². The molecule has 0 spiro atoms. The van der Waals surface area contributed by atoms with Crippen LogP contribution in [0.4, 0.5) is 0 Å². The van der Waals surface area contributed by atoms with E-state index in [4.69, 9.17) is 23.7 Å². The summed E-state index contributed by atoms with van der Waals surface area (Å²) in [6.07, 6.45) is -0.813. The summed E-state index contributed by atoms with van der Waals surface area (Å²) in [6, 6.07) is 12.8. The molecule has 204 valence electrons. The standard InChI is InChI=1S/C28H40N2O7/c1-20(2)15-30(28(32)21-13-25(33-3)27(35-5)26(14-21)34-4)18-24-17-29(11-12-36-24)16-22(31)19-37-23-9-7-6-8-10-23/h6-10,13-14,20,22,24,31H,11-12,15-19H2,1-5H3. The van der Waals surface area contributed by atoms with E-state index in [-0.39, 0.29) is 24.5 Å². The summed E-state index contributed by atoms with van der Waals surface area (Å²) in [7, 11) is 4.59. The van der Waals surface area contributed by atoms with Crippen LogP contribution in [-0.2, 0) is 4.74 Å². The molecule has 0 saturated carbocycles. The Bertz CT molecular complexity index is 961. The summed E-state index contributed by atoms with van der Waals surface area (Å²) in [5.41, 5.74) is 0.455. The number of hydrogen-bond acceptors (Lipinski definition) is 8. The van der Waals surface area contributed by atoms with Crippen LogP contribution in [0, 0.1) is 5.92 Å². The number of para-hydroxylation sites is 1. The van der Waals surface area contributed by atoms with Crippen LogP contribution in [0.3, 0.4) is 0 Å². The molecule has 37 heavy (non-hydrogen) atoms. The van der Waals surface area contributed by atoms with Gasteiger partial charge in [-0.25, -0.2) is 0 Å². The van der Waals surface area contributed by atoms with E-state index in [1.54, 1.807) is 12.1 Å². The van der Waals surface area contributed by atoms with E-state index in [1.807, 2.05) is 35.2 Å². The van der Waals surface area contributed by atoms with Crippen molar-refractivity contribution in [2.75, 3.05) is 67.3 Å². The predicted octanol–water partition coefficient (Wildman–Crippen LogP) is 2.95. The SMILES string of the molecule is COc1cc(C(=O)N(CC(C)C)CC2CN(CC(O)COc3ccccc3)CCO2)cc(OC)c1OC. The predicted molar refractivity (Wildman–Crippen MR) is 141 cm³/mol. The first-order valence-electron chi connectivity index (χ1n) is 12.6. The van der Waals surface area contributed by atoms with Crippen molar-refractivity contribution in [3.05, 3.63) is 48.0 Å². The van der Waals surface area contributed by atoms with Crippen molar-refractivity contribution in [3.8, 4) is 23.0 Å². The lowest BCUT2D eigenvalue weighted by Gasteiger charge is -2.37. The maximum atomic E-state index is 13.6. The smallest absolute Gasteiger partial charge is 0.254 e. The first-order chi connectivity index (χ1) is 17.8. The Hall–Kier alpha value is -3.01. The summed E-state index contributed by atoms with van der Waals surface area (Å²) in [5.74, 6) is 2.17. The van der Waals surface area contributed by atoms with Crippen LogP contribution in [-0.4, -0.2) is 100 Å². The number of methoxy groups -OCH3 is 3. The average Bonchev–Trinajstić information content (AvgIpc) is 2.90.